The van der Waals surface area contributed by atoms with E-state index in [0.717, 1.165) is 43.7 Å². The number of piperidine rings is 1. The monoisotopic (exact) mass is 310 g/mol. The second-order valence-corrected chi connectivity index (χ2v) is 5.95. The Hall–Kier alpha value is -1.58. The maximum atomic E-state index is 10.5. The fourth-order valence-corrected chi connectivity index (χ4v) is 3.07. The molecule has 1 unspecified atom stereocenters. The molecule has 3 N–H and O–H groups in total. The second kappa shape index (κ2) is 6.46. The summed E-state index contributed by atoms with van der Waals surface area (Å²) in [5.74, 6) is 1.49. The quantitative estimate of drug-likeness (QED) is 0.701. The fourth-order valence-electron chi connectivity index (χ4n) is 2.78. The lowest BCUT2D eigenvalue weighted by atomic mass is 9.93. The molecule has 2 aromatic heterocycles. The normalized spacial score (nSPS) is 18.2. The van der Waals surface area contributed by atoms with Crippen LogP contribution in [0.5, 0.6) is 0 Å². The first-order chi connectivity index (χ1) is 10.2. The summed E-state index contributed by atoms with van der Waals surface area (Å²) < 4.78 is 21.8. The molecule has 0 amide bonds. The fraction of sp³-hybridized carbons (Fsp3) is 0.583. The van der Waals surface area contributed by atoms with Crippen LogP contribution in [0.2, 0.25) is 0 Å². The number of H-pyrrole nitrogens is 1. The summed E-state index contributed by atoms with van der Waals surface area (Å²) >= 11 is -1.91. The van der Waals surface area contributed by atoms with E-state index in [2.05, 4.69) is 29.6 Å². The van der Waals surface area contributed by atoms with E-state index in [9.17, 15) is 4.21 Å². The van der Waals surface area contributed by atoms with Gasteiger partial charge in [-0.2, -0.15) is 0 Å². The first-order valence-corrected chi connectivity index (χ1v) is 8.08. The SMILES string of the molecule is O=S(O)NCCC1CCN(c2ncnc3nc[nH]c23)CC1. The Morgan fingerprint density at radius 3 is 2.95 bits per heavy atom. The molecule has 8 nitrogen and oxygen atoms in total. The highest BCUT2D eigenvalue weighted by molar-refractivity contribution is 7.77. The Balaban J connectivity index is 1.58. The summed E-state index contributed by atoms with van der Waals surface area (Å²) in [4.78, 5) is 18.0. The van der Waals surface area contributed by atoms with E-state index in [1.807, 2.05) is 0 Å². The first kappa shape index (κ1) is 14.4. The van der Waals surface area contributed by atoms with Crippen molar-refractivity contribution in [3.05, 3.63) is 12.7 Å². The third-order valence-corrected chi connectivity index (χ3v) is 4.35. The van der Waals surface area contributed by atoms with E-state index in [1.54, 1.807) is 12.7 Å². The van der Waals surface area contributed by atoms with Crippen molar-refractivity contribution in [2.75, 3.05) is 24.5 Å². The van der Waals surface area contributed by atoms with Crippen LogP contribution >= 0.6 is 0 Å². The molecule has 0 aliphatic carbocycles. The molecule has 114 valence electrons. The van der Waals surface area contributed by atoms with Crippen molar-refractivity contribution in [3.63, 3.8) is 0 Å². The van der Waals surface area contributed by atoms with Crippen LogP contribution in [0, 0.1) is 5.92 Å². The molecule has 1 aliphatic heterocycles. The van der Waals surface area contributed by atoms with Gasteiger partial charge in [-0.1, -0.05) is 0 Å². The van der Waals surface area contributed by atoms with Crippen molar-refractivity contribution < 1.29 is 8.76 Å². The molecular formula is C12H18N6O2S. The Bertz CT molecular complexity index is 625. The van der Waals surface area contributed by atoms with Crippen LogP contribution in [0.15, 0.2) is 12.7 Å². The average molecular weight is 310 g/mol. The average Bonchev–Trinajstić information content (AvgIpc) is 2.96. The maximum Gasteiger partial charge on any atom is 0.231 e. The number of nitrogens with zero attached hydrogens (tertiary/aromatic N) is 4. The predicted octanol–water partition coefficient (Wildman–Crippen LogP) is 0.686. The summed E-state index contributed by atoms with van der Waals surface area (Å²) in [6.07, 6.45) is 6.21. The minimum absolute atomic E-state index is 0.575. The van der Waals surface area contributed by atoms with Crippen LogP contribution in [-0.2, 0) is 11.3 Å². The lowest BCUT2D eigenvalue weighted by Crippen LogP contribution is -2.35. The van der Waals surface area contributed by atoms with Crippen LogP contribution in [0.1, 0.15) is 19.3 Å². The summed E-state index contributed by atoms with van der Waals surface area (Å²) in [6, 6.07) is 0. The zero-order valence-corrected chi connectivity index (χ0v) is 12.3. The van der Waals surface area contributed by atoms with Crippen LogP contribution in [-0.4, -0.2) is 48.3 Å². The van der Waals surface area contributed by atoms with E-state index in [-0.39, 0.29) is 0 Å². The first-order valence-electron chi connectivity index (χ1n) is 6.97. The molecule has 0 radical (unpaired) electrons. The summed E-state index contributed by atoms with van der Waals surface area (Å²) in [5.41, 5.74) is 1.57. The minimum Gasteiger partial charge on any atom is -0.355 e. The van der Waals surface area contributed by atoms with Gasteiger partial charge in [0.15, 0.2) is 11.5 Å². The number of nitrogens with one attached hydrogen (secondary N) is 2. The van der Waals surface area contributed by atoms with E-state index in [0.29, 0.717) is 18.1 Å². The number of aromatic amines is 1. The summed E-state index contributed by atoms with van der Waals surface area (Å²) in [6.45, 7) is 2.43. The topological polar surface area (TPSA) is 107 Å². The third kappa shape index (κ3) is 3.36. The van der Waals surface area contributed by atoms with Gasteiger partial charge in [-0.25, -0.2) is 23.9 Å². The molecular weight excluding hydrogens is 292 g/mol. The molecule has 0 spiro atoms. The summed E-state index contributed by atoms with van der Waals surface area (Å²) in [7, 11) is 0. The van der Waals surface area contributed by atoms with Gasteiger partial charge in [0.2, 0.25) is 11.3 Å². The van der Waals surface area contributed by atoms with Crippen LogP contribution in [0.25, 0.3) is 11.2 Å². The van der Waals surface area contributed by atoms with Crippen molar-refractivity contribution in [1.82, 2.24) is 24.7 Å². The molecule has 3 heterocycles. The lowest BCUT2D eigenvalue weighted by molar-refractivity contribution is 0.380. The standard InChI is InChI=1S/C12H18N6O2S/c19-21(20)17-4-1-9-2-5-18(6-3-9)12-10-11(14-7-13-10)15-8-16-12/h7-9,17H,1-6H2,(H,19,20)(H,13,14,15,16). The number of fused-ring (bicyclic) bond motifs is 1. The smallest absolute Gasteiger partial charge is 0.231 e. The molecule has 1 aliphatic rings. The molecule has 9 heteroatoms. The molecule has 0 aromatic carbocycles. The number of rotatable bonds is 5. The maximum absolute atomic E-state index is 10.5. The van der Waals surface area contributed by atoms with Crippen molar-refractivity contribution in [1.29, 1.82) is 0 Å². The third-order valence-electron chi connectivity index (χ3n) is 3.90. The molecule has 3 rings (SSSR count). The highest BCUT2D eigenvalue weighted by atomic mass is 32.2. The largest absolute Gasteiger partial charge is 0.355 e. The minimum atomic E-state index is -1.91. The summed E-state index contributed by atoms with van der Waals surface area (Å²) in [5, 5.41) is 0. The van der Waals surface area contributed by atoms with Crippen molar-refractivity contribution in [3.8, 4) is 0 Å². The highest BCUT2D eigenvalue weighted by Crippen LogP contribution is 2.26. The van der Waals surface area contributed by atoms with Gasteiger partial charge in [0.05, 0.1) is 6.33 Å². The molecule has 0 saturated carbocycles. The van der Waals surface area contributed by atoms with E-state index in [1.165, 1.54) is 0 Å². The van der Waals surface area contributed by atoms with Gasteiger partial charge in [0, 0.05) is 19.6 Å². The van der Waals surface area contributed by atoms with E-state index >= 15 is 0 Å². The molecule has 21 heavy (non-hydrogen) atoms. The van der Waals surface area contributed by atoms with Gasteiger partial charge in [-0.3, -0.25) is 4.55 Å². The lowest BCUT2D eigenvalue weighted by Gasteiger charge is -2.32. The molecule has 2 aromatic rings. The highest BCUT2D eigenvalue weighted by Gasteiger charge is 2.22. The van der Waals surface area contributed by atoms with Crippen molar-refractivity contribution >= 4 is 28.2 Å². The number of imidazole rings is 1. The molecule has 1 saturated heterocycles. The Kier molecular flexibility index (Phi) is 4.42. The predicted molar refractivity (Wildman–Crippen MR) is 80.0 cm³/mol. The number of aromatic nitrogens is 4. The molecule has 0 bridgehead atoms. The second-order valence-electron chi connectivity index (χ2n) is 5.16. The van der Waals surface area contributed by atoms with Gasteiger partial charge in [-0.05, 0) is 25.2 Å². The molecule has 1 atom stereocenters. The zero-order valence-electron chi connectivity index (χ0n) is 11.5. The Morgan fingerprint density at radius 1 is 1.38 bits per heavy atom. The van der Waals surface area contributed by atoms with Crippen molar-refractivity contribution in [2.45, 2.75) is 19.3 Å². The van der Waals surface area contributed by atoms with Gasteiger partial charge >= 0.3 is 0 Å². The van der Waals surface area contributed by atoms with Crippen LogP contribution in [0.3, 0.4) is 0 Å². The number of hydrogen-bond acceptors (Lipinski definition) is 5. The van der Waals surface area contributed by atoms with Gasteiger partial charge in [0.25, 0.3) is 0 Å². The van der Waals surface area contributed by atoms with E-state index < -0.39 is 11.3 Å². The Labute approximate surface area is 124 Å². The van der Waals surface area contributed by atoms with Gasteiger partial charge < -0.3 is 9.88 Å². The zero-order chi connectivity index (χ0) is 14.7. The number of anilines is 1. The van der Waals surface area contributed by atoms with Crippen molar-refractivity contribution in [2.24, 2.45) is 5.92 Å². The van der Waals surface area contributed by atoms with Gasteiger partial charge in [0.1, 0.15) is 11.8 Å². The van der Waals surface area contributed by atoms with Gasteiger partial charge in [-0.15, -0.1) is 0 Å². The van der Waals surface area contributed by atoms with E-state index in [4.69, 9.17) is 4.55 Å². The van der Waals surface area contributed by atoms with Crippen LogP contribution < -0.4 is 9.62 Å². The van der Waals surface area contributed by atoms with Crippen LogP contribution in [0.4, 0.5) is 5.82 Å². The molecule has 1 fully saturated rings. The Morgan fingerprint density at radius 2 is 2.19 bits per heavy atom. The number of hydrogen-bond donors (Lipinski definition) is 3.